The van der Waals surface area contributed by atoms with Crippen LogP contribution in [0.15, 0.2) is 23.1 Å². The van der Waals surface area contributed by atoms with Crippen molar-refractivity contribution in [3.05, 3.63) is 24.0 Å². The minimum atomic E-state index is -3.90. The molecule has 0 aromatic heterocycles. The maximum Gasteiger partial charge on any atom is 0.238 e. The van der Waals surface area contributed by atoms with Gasteiger partial charge in [-0.2, -0.15) is 0 Å². The van der Waals surface area contributed by atoms with Crippen molar-refractivity contribution in [2.75, 3.05) is 18.0 Å². The second-order valence-electron chi connectivity index (χ2n) is 5.50. The van der Waals surface area contributed by atoms with Gasteiger partial charge in [0.2, 0.25) is 10.0 Å². The molecule has 1 aliphatic rings. The van der Waals surface area contributed by atoms with Crippen LogP contribution < -0.4 is 10.0 Å². The van der Waals surface area contributed by atoms with Crippen LogP contribution in [0.25, 0.3) is 0 Å². The quantitative estimate of drug-likeness (QED) is 0.860. The van der Waals surface area contributed by atoms with Gasteiger partial charge in [0.15, 0.2) is 0 Å². The van der Waals surface area contributed by atoms with Gasteiger partial charge in [0.05, 0.1) is 16.2 Å². The molecule has 2 rings (SSSR count). The highest BCUT2D eigenvalue weighted by atomic mass is 32.2. The average Bonchev–Trinajstić information content (AvgIpc) is 2.49. The molecule has 1 aromatic rings. The van der Waals surface area contributed by atoms with Gasteiger partial charge in [0, 0.05) is 13.1 Å². The van der Waals surface area contributed by atoms with E-state index in [0.29, 0.717) is 31.6 Å². The Morgan fingerprint density at radius 1 is 1.35 bits per heavy atom. The normalized spacial score (nSPS) is 24.5. The standard InChI is InChI=1S/C13H19FN2O3S/c1-13(17)5-2-7-16(8-6-13)12-4-3-10(9-11(12)14)20(15,18)19/h3-4,9,17H,2,5-8H2,1H3,(H2,15,18,19). The van der Waals surface area contributed by atoms with Gasteiger partial charge >= 0.3 is 0 Å². The molecule has 1 fully saturated rings. The minimum absolute atomic E-state index is 0.236. The maximum atomic E-state index is 14.1. The Kier molecular flexibility index (Phi) is 4.04. The predicted octanol–water partition coefficient (Wildman–Crippen LogP) is 1.21. The van der Waals surface area contributed by atoms with Crippen LogP contribution >= 0.6 is 0 Å². The lowest BCUT2D eigenvalue weighted by Gasteiger charge is -2.24. The van der Waals surface area contributed by atoms with Gasteiger partial charge in [-0.05, 0) is 44.4 Å². The molecule has 20 heavy (non-hydrogen) atoms. The van der Waals surface area contributed by atoms with E-state index in [1.54, 1.807) is 6.92 Å². The van der Waals surface area contributed by atoms with E-state index in [9.17, 15) is 17.9 Å². The summed E-state index contributed by atoms with van der Waals surface area (Å²) in [6.07, 6.45) is 1.97. The summed E-state index contributed by atoms with van der Waals surface area (Å²) in [5.41, 5.74) is -0.388. The number of rotatable bonds is 2. The van der Waals surface area contributed by atoms with Crippen LogP contribution in [0.4, 0.5) is 10.1 Å². The predicted molar refractivity (Wildman–Crippen MR) is 74.5 cm³/mol. The number of aliphatic hydroxyl groups is 1. The molecule has 112 valence electrons. The fraction of sp³-hybridized carbons (Fsp3) is 0.538. The van der Waals surface area contributed by atoms with Crippen molar-refractivity contribution < 1.29 is 17.9 Å². The van der Waals surface area contributed by atoms with Crippen LogP contribution in [-0.2, 0) is 10.0 Å². The first-order chi connectivity index (χ1) is 9.19. The third-order valence-corrected chi connectivity index (χ3v) is 4.56. The van der Waals surface area contributed by atoms with E-state index < -0.39 is 21.4 Å². The van der Waals surface area contributed by atoms with Crippen molar-refractivity contribution in [1.29, 1.82) is 0 Å². The summed E-state index contributed by atoms with van der Waals surface area (Å²) in [7, 11) is -3.90. The summed E-state index contributed by atoms with van der Waals surface area (Å²) in [4.78, 5) is 1.59. The molecular weight excluding hydrogens is 283 g/mol. The fourth-order valence-corrected chi connectivity index (χ4v) is 2.95. The van der Waals surface area contributed by atoms with Gasteiger partial charge < -0.3 is 10.0 Å². The number of halogens is 1. The van der Waals surface area contributed by atoms with Gasteiger partial charge in [-0.25, -0.2) is 17.9 Å². The van der Waals surface area contributed by atoms with Gasteiger partial charge in [0.25, 0.3) is 0 Å². The summed E-state index contributed by atoms with van der Waals surface area (Å²) in [5.74, 6) is -0.613. The molecular formula is C13H19FN2O3S. The zero-order valence-electron chi connectivity index (χ0n) is 11.3. The molecule has 0 aliphatic carbocycles. The van der Waals surface area contributed by atoms with Crippen LogP contribution in [0.2, 0.25) is 0 Å². The zero-order chi connectivity index (χ0) is 15.0. The SMILES string of the molecule is CC1(O)CCCN(c2ccc(S(N)(=O)=O)cc2F)CC1. The summed E-state index contributed by atoms with van der Waals surface area (Å²) >= 11 is 0. The monoisotopic (exact) mass is 302 g/mol. The highest BCUT2D eigenvalue weighted by molar-refractivity contribution is 7.89. The number of nitrogens with two attached hydrogens (primary N) is 1. The van der Waals surface area contributed by atoms with E-state index in [4.69, 9.17) is 5.14 Å². The highest BCUT2D eigenvalue weighted by Crippen LogP contribution is 2.28. The summed E-state index contributed by atoms with van der Waals surface area (Å²) < 4.78 is 36.4. The van der Waals surface area contributed by atoms with Crippen LogP contribution in [0.3, 0.4) is 0 Å². The van der Waals surface area contributed by atoms with Crippen molar-refractivity contribution in [3.8, 4) is 0 Å². The molecule has 0 spiro atoms. The second-order valence-corrected chi connectivity index (χ2v) is 7.06. The van der Waals surface area contributed by atoms with Crippen LogP contribution in [-0.4, -0.2) is 32.2 Å². The molecule has 0 bridgehead atoms. The highest BCUT2D eigenvalue weighted by Gasteiger charge is 2.26. The first-order valence-electron chi connectivity index (χ1n) is 6.49. The van der Waals surface area contributed by atoms with E-state index in [1.807, 2.05) is 4.90 Å². The Bertz CT molecular complexity index is 602. The van der Waals surface area contributed by atoms with Crippen LogP contribution in [0.5, 0.6) is 0 Å². The molecule has 5 nitrogen and oxygen atoms in total. The fourth-order valence-electron chi connectivity index (χ4n) is 2.43. The largest absolute Gasteiger partial charge is 0.390 e. The van der Waals surface area contributed by atoms with Crippen molar-refractivity contribution in [1.82, 2.24) is 0 Å². The van der Waals surface area contributed by atoms with Gasteiger partial charge in [0.1, 0.15) is 5.82 Å². The number of primary sulfonamides is 1. The number of hydrogen-bond acceptors (Lipinski definition) is 4. The topological polar surface area (TPSA) is 83.6 Å². The average molecular weight is 302 g/mol. The van der Waals surface area contributed by atoms with Crippen LogP contribution in [0, 0.1) is 5.82 Å². The van der Waals surface area contributed by atoms with E-state index in [1.165, 1.54) is 12.1 Å². The smallest absolute Gasteiger partial charge is 0.238 e. The van der Waals surface area contributed by atoms with E-state index in [2.05, 4.69) is 0 Å². The number of hydrogen-bond donors (Lipinski definition) is 2. The van der Waals surface area contributed by atoms with Crippen molar-refractivity contribution >= 4 is 15.7 Å². The molecule has 0 amide bonds. The summed E-state index contributed by atoms with van der Waals surface area (Å²) in [6.45, 7) is 2.93. The Hall–Kier alpha value is -1.18. The third-order valence-electron chi connectivity index (χ3n) is 3.65. The molecule has 1 saturated heterocycles. The van der Waals surface area contributed by atoms with E-state index in [-0.39, 0.29) is 4.90 Å². The van der Waals surface area contributed by atoms with Crippen molar-refractivity contribution in [2.24, 2.45) is 5.14 Å². The Morgan fingerprint density at radius 2 is 2.05 bits per heavy atom. The molecule has 0 saturated carbocycles. The second kappa shape index (κ2) is 5.31. The Morgan fingerprint density at radius 3 is 2.65 bits per heavy atom. The van der Waals surface area contributed by atoms with Crippen LogP contribution in [0.1, 0.15) is 26.2 Å². The van der Waals surface area contributed by atoms with Crippen molar-refractivity contribution in [3.63, 3.8) is 0 Å². The Balaban J connectivity index is 2.25. The molecule has 1 aliphatic heterocycles. The van der Waals surface area contributed by atoms with Gasteiger partial charge in [-0.1, -0.05) is 0 Å². The number of anilines is 1. The lowest BCUT2D eigenvalue weighted by atomic mass is 9.98. The third kappa shape index (κ3) is 3.47. The first kappa shape index (κ1) is 15.2. The molecule has 1 unspecified atom stereocenters. The molecule has 7 heteroatoms. The van der Waals surface area contributed by atoms with Gasteiger partial charge in [-0.3, -0.25) is 0 Å². The number of benzene rings is 1. The first-order valence-corrected chi connectivity index (χ1v) is 8.03. The molecule has 1 heterocycles. The van der Waals surface area contributed by atoms with E-state index in [0.717, 1.165) is 12.5 Å². The molecule has 0 radical (unpaired) electrons. The minimum Gasteiger partial charge on any atom is -0.390 e. The van der Waals surface area contributed by atoms with Crippen molar-refractivity contribution in [2.45, 2.75) is 36.7 Å². The lowest BCUT2D eigenvalue weighted by molar-refractivity contribution is 0.0481. The zero-order valence-corrected chi connectivity index (χ0v) is 12.2. The van der Waals surface area contributed by atoms with Gasteiger partial charge in [-0.15, -0.1) is 0 Å². The molecule has 1 atom stereocenters. The Labute approximate surface area is 118 Å². The maximum absolute atomic E-state index is 14.1. The number of nitrogens with zero attached hydrogens (tertiary/aromatic N) is 1. The summed E-state index contributed by atoms with van der Waals surface area (Å²) in [5, 5.41) is 15.0. The summed E-state index contributed by atoms with van der Waals surface area (Å²) in [6, 6.07) is 3.67. The molecule has 1 aromatic carbocycles. The number of sulfonamides is 1. The van der Waals surface area contributed by atoms with E-state index >= 15 is 0 Å². The molecule has 3 N–H and O–H groups in total. The lowest BCUT2D eigenvalue weighted by Crippen LogP contribution is -2.28.